The van der Waals surface area contributed by atoms with Gasteiger partial charge in [-0.15, -0.1) is 9.56 Å². The van der Waals surface area contributed by atoms with Gasteiger partial charge in [-0.2, -0.15) is 5.26 Å². The number of aliphatic imine (C=N–C) groups is 1. The lowest BCUT2D eigenvalue weighted by Gasteiger charge is -2.30. The fourth-order valence-corrected chi connectivity index (χ4v) is 3.70. The van der Waals surface area contributed by atoms with Crippen LogP contribution in [0.5, 0.6) is 5.75 Å². The molecule has 0 amide bonds. The maximum absolute atomic E-state index is 11.3. The van der Waals surface area contributed by atoms with Gasteiger partial charge in [0, 0.05) is 23.7 Å². The van der Waals surface area contributed by atoms with Crippen LogP contribution < -0.4 is 19.9 Å². The van der Waals surface area contributed by atoms with Gasteiger partial charge in [0.05, 0.1) is 17.9 Å². The largest absolute Gasteiger partial charge is 0.574 e. The number of hydrogen-bond donors (Lipinski definition) is 1. The van der Waals surface area contributed by atoms with Crippen LogP contribution in [0.3, 0.4) is 0 Å². The van der Waals surface area contributed by atoms with Crippen LogP contribution in [0.2, 0.25) is 5.02 Å². The van der Waals surface area contributed by atoms with Crippen molar-refractivity contribution in [3.63, 3.8) is 0 Å². The van der Waals surface area contributed by atoms with Crippen molar-refractivity contribution in [3.05, 3.63) is 53.8 Å². The molecule has 12 heteroatoms. The van der Waals surface area contributed by atoms with Gasteiger partial charge >= 0.3 is 12.6 Å². The number of ether oxygens (including phenoxy) is 4. The van der Waals surface area contributed by atoms with Crippen molar-refractivity contribution in [1.82, 2.24) is 0 Å². The zero-order valence-corrected chi connectivity index (χ0v) is 23.2. The lowest BCUT2D eigenvalue weighted by atomic mass is 10.2. The molecule has 1 aromatic heterocycles. The third-order valence-corrected chi connectivity index (χ3v) is 5.46. The summed E-state index contributed by atoms with van der Waals surface area (Å²) in [5.74, 6) is 0.819. The Bertz CT molecular complexity index is 1120. The quantitative estimate of drug-likeness (QED) is 0.0619. The van der Waals surface area contributed by atoms with Gasteiger partial charge in [-0.05, 0) is 57.9 Å². The topological polar surface area (TPSA) is 140 Å². The van der Waals surface area contributed by atoms with Crippen LogP contribution in [0, 0.1) is 11.5 Å². The summed E-state index contributed by atoms with van der Waals surface area (Å²) in [4.78, 5) is 27.7. The van der Waals surface area contributed by atoms with E-state index >= 15 is 0 Å². The van der Waals surface area contributed by atoms with Crippen LogP contribution >= 0.6 is 11.6 Å². The standard InChI is InChI=1S/C27H35ClN5O6/c1-26(2,3)39-27(38-21-35,37-19-17-34)32-15-12-23(13-16-32)33(25(30)31-20-29)14-6-4-5-7-18-36-24-10-8-22(28)9-11-24/h8-13,15-17,21H,4-7,14,18-19H2,1-3H3,(H2,30,31)/q+1. The average Bonchev–Trinajstić information content (AvgIpc) is 2.89. The fourth-order valence-electron chi connectivity index (χ4n) is 3.58. The summed E-state index contributed by atoms with van der Waals surface area (Å²) in [7, 11) is 0. The molecule has 2 aromatic rings. The number of rotatable bonds is 16. The molecule has 0 saturated heterocycles. The molecule has 0 bridgehead atoms. The number of hydrogen-bond acceptors (Lipinski definition) is 8. The van der Waals surface area contributed by atoms with E-state index < -0.39 is 11.7 Å². The number of pyridine rings is 1. The number of nitrogens with two attached hydrogens (primary N) is 1. The molecule has 39 heavy (non-hydrogen) atoms. The number of carbonyl (C=O) groups is 2. The maximum atomic E-state index is 11.3. The number of aromatic nitrogens is 1. The molecular weight excluding hydrogens is 526 g/mol. The number of nitriles is 1. The molecule has 11 nitrogen and oxygen atoms in total. The molecule has 0 spiro atoms. The first-order chi connectivity index (χ1) is 18.6. The molecule has 1 heterocycles. The van der Waals surface area contributed by atoms with Crippen LogP contribution in [-0.2, 0) is 29.9 Å². The van der Waals surface area contributed by atoms with Crippen molar-refractivity contribution in [2.45, 2.75) is 58.2 Å². The van der Waals surface area contributed by atoms with Crippen molar-refractivity contribution >= 4 is 36.0 Å². The van der Waals surface area contributed by atoms with Gasteiger partial charge in [0.2, 0.25) is 12.2 Å². The van der Waals surface area contributed by atoms with E-state index in [4.69, 9.17) is 41.5 Å². The van der Waals surface area contributed by atoms with Gasteiger partial charge in [0.25, 0.3) is 0 Å². The van der Waals surface area contributed by atoms with Crippen LogP contribution in [0.4, 0.5) is 5.69 Å². The average molecular weight is 561 g/mol. The minimum Gasteiger partial charge on any atom is -0.494 e. The molecule has 210 valence electrons. The first-order valence-corrected chi connectivity index (χ1v) is 12.8. The highest BCUT2D eigenvalue weighted by Gasteiger charge is 2.50. The van der Waals surface area contributed by atoms with E-state index in [1.807, 2.05) is 12.1 Å². The lowest BCUT2D eigenvalue weighted by molar-refractivity contribution is -0.904. The molecule has 1 atom stereocenters. The van der Waals surface area contributed by atoms with Gasteiger partial charge in [-0.25, -0.2) is 4.74 Å². The van der Waals surface area contributed by atoms with Crippen LogP contribution in [-0.4, -0.2) is 44.1 Å². The Morgan fingerprint density at radius 2 is 1.77 bits per heavy atom. The lowest BCUT2D eigenvalue weighted by Crippen LogP contribution is -2.63. The minimum absolute atomic E-state index is 0.0415. The summed E-state index contributed by atoms with van der Waals surface area (Å²) >= 11 is 5.89. The SMILES string of the molecule is CC(C)(C)OC(OC=O)(OCC=O)[n+]1ccc(N(CCCCCCOc2ccc(Cl)cc2)C(N)=NC#N)cc1. The van der Waals surface area contributed by atoms with E-state index in [0.717, 1.165) is 31.4 Å². The molecule has 0 aliphatic carbocycles. The molecule has 1 unspecified atom stereocenters. The zero-order valence-electron chi connectivity index (χ0n) is 22.4. The van der Waals surface area contributed by atoms with Gasteiger partial charge in [0.15, 0.2) is 12.4 Å². The summed E-state index contributed by atoms with van der Waals surface area (Å²) in [5.41, 5.74) is 5.92. The van der Waals surface area contributed by atoms with E-state index in [-0.39, 0.29) is 19.0 Å². The summed E-state index contributed by atoms with van der Waals surface area (Å²) in [6.07, 6.45) is 6.84. The molecular formula is C27H35ClN5O6+. The second kappa shape index (κ2) is 15.6. The number of benzene rings is 1. The van der Waals surface area contributed by atoms with Crippen molar-refractivity contribution in [2.24, 2.45) is 10.7 Å². The third kappa shape index (κ3) is 10.5. The predicted molar refractivity (Wildman–Crippen MR) is 145 cm³/mol. The number of nitrogens with zero attached hydrogens (tertiary/aromatic N) is 4. The highest BCUT2D eigenvalue weighted by Crippen LogP contribution is 2.24. The molecule has 2 rings (SSSR count). The zero-order chi connectivity index (χ0) is 28.7. The summed E-state index contributed by atoms with van der Waals surface area (Å²) in [6, 6.07) is 10.6. The fraction of sp³-hybridized carbons (Fsp3) is 0.444. The molecule has 1 aromatic carbocycles. The summed E-state index contributed by atoms with van der Waals surface area (Å²) in [5, 5.41) is 9.69. The summed E-state index contributed by atoms with van der Waals surface area (Å²) in [6.45, 7) is 6.16. The Kier molecular flexibility index (Phi) is 12.6. The number of aldehydes is 1. The molecule has 0 radical (unpaired) electrons. The van der Waals surface area contributed by atoms with Crippen LogP contribution in [0.1, 0.15) is 46.5 Å². The molecule has 0 fully saturated rings. The molecule has 0 aliphatic rings. The number of anilines is 1. The molecule has 2 N–H and O–H groups in total. The maximum Gasteiger partial charge on any atom is 0.574 e. The van der Waals surface area contributed by atoms with Crippen molar-refractivity contribution in [3.8, 4) is 11.9 Å². The number of unbranched alkanes of at least 4 members (excludes halogenated alkanes) is 3. The highest BCUT2D eigenvalue weighted by molar-refractivity contribution is 6.30. The number of carbonyl (C=O) groups excluding carboxylic acids is 2. The van der Waals surface area contributed by atoms with E-state index in [2.05, 4.69) is 4.99 Å². The van der Waals surface area contributed by atoms with Crippen molar-refractivity contribution < 1.29 is 33.1 Å². The summed E-state index contributed by atoms with van der Waals surface area (Å²) < 4.78 is 23.7. The molecule has 0 saturated carbocycles. The highest BCUT2D eigenvalue weighted by atomic mass is 35.5. The number of halogens is 1. The Morgan fingerprint density at radius 3 is 2.36 bits per heavy atom. The minimum atomic E-state index is -2.01. The monoisotopic (exact) mass is 560 g/mol. The Balaban J connectivity index is 2.06. The van der Waals surface area contributed by atoms with E-state index in [9.17, 15) is 9.59 Å². The van der Waals surface area contributed by atoms with Crippen molar-refractivity contribution in [2.75, 3.05) is 24.7 Å². The van der Waals surface area contributed by atoms with Gasteiger partial charge in [0.1, 0.15) is 18.6 Å². The third-order valence-electron chi connectivity index (χ3n) is 5.21. The van der Waals surface area contributed by atoms with Gasteiger partial charge < -0.3 is 24.9 Å². The van der Waals surface area contributed by atoms with Crippen molar-refractivity contribution in [1.29, 1.82) is 5.26 Å². The van der Waals surface area contributed by atoms with E-state index in [1.165, 1.54) is 4.57 Å². The second-order valence-electron chi connectivity index (χ2n) is 9.33. The normalized spacial score (nSPS) is 13.2. The Labute approximate surface area is 233 Å². The first kappa shape index (κ1) is 31.5. The van der Waals surface area contributed by atoms with Gasteiger partial charge in [-0.3, -0.25) is 9.53 Å². The smallest absolute Gasteiger partial charge is 0.494 e. The van der Waals surface area contributed by atoms with E-state index in [0.29, 0.717) is 30.1 Å². The first-order valence-electron chi connectivity index (χ1n) is 12.4. The van der Waals surface area contributed by atoms with Crippen LogP contribution in [0.15, 0.2) is 53.8 Å². The van der Waals surface area contributed by atoms with Gasteiger partial charge in [-0.1, -0.05) is 24.4 Å². The Morgan fingerprint density at radius 1 is 1.10 bits per heavy atom. The second-order valence-corrected chi connectivity index (χ2v) is 9.77. The van der Waals surface area contributed by atoms with Crippen LogP contribution in [0.25, 0.3) is 0 Å². The molecule has 0 aliphatic heterocycles. The number of guanidine groups is 1. The van der Waals surface area contributed by atoms with E-state index in [1.54, 1.807) is 68.5 Å². The Hall–Kier alpha value is -3.72. The predicted octanol–water partition coefficient (Wildman–Crippen LogP) is 3.64.